The number of aliphatic carboxylic acids is 2. The second kappa shape index (κ2) is 10.3. The SMILES string of the molecule is CSCCC(N)C(=O)O.C[C@@H](O)[C@H](N)C(=O)O. The number of aliphatic hydroxyl groups excluding tert-OH is 1. The second-order valence-corrected chi connectivity index (χ2v) is 4.32. The zero-order valence-corrected chi connectivity index (χ0v) is 10.7. The van der Waals surface area contributed by atoms with Gasteiger partial charge in [-0.1, -0.05) is 0 Å². The predicted octanol–water partition coefficient (Wildman–Crippen LogP) is -1.07. The number of hydrogen-bond acceptors (Lipinski definition) is 6. The quantitative estimate of drug-likeness (QED) is 0.409. The zero-order chi connectivity index (χ0) is 14.0. The Kier molecular flexibility index (Phi) is 11.3. The van der Waals surface area contributed by atoms with Crippen LogP contribution in [0.4, 0.5) is 0 Å². The fourth-order valence-electron chi connectivity index (χ4n) is 0.575. The van der Waals surface area contributed by atoms with E-state index in [4.69, 9.17) is 26.8 Å². The minimum Gasteiger partial charge on any atom is -0.480 e. The average Bonchev–Trinajstić information content (AvgIpc) is 2.25. The molecule has 0 aliphatic carbocycles. The van der Waals surface area contributed by atoms with Crippen LogP contribution in [-0.2, 0) is 9.59 Å². The molecule has 0 saturated heterocycles. The highest BCUT2D eigenvalue weighted by molar-refractivity contribution is 7.98. The minimum atomic E-state index is -1.18. The third-order valence-corrected chi connectivity index (χ3v) is 2.40. The van der Waals surface area contributed by atoms with E-state index in [0.717, 1.165) is 5.75 Å². The Labute approximate surface area is 104 Å². The van der Waals surface area contributed by atoms with Crippen molar-refractivity contribution in [3.05, 3.63) is 0 Å². The molecule has 0 amide bonds. The zero-order valence-electron chi connectivity index (χ0n) is 9.87. The predicted molar refractivity (Wildman–Crippen MR) is 65.9 cm³/mol. The van der Waals surface area contributed by atoms with Crippen LogP contribution < -0.4 is 11.5 Å². The molecule has 0 aromatic rings. The lowest BCUT2D eigenvalue weighted by atomic mass is 10.2. The number of aliphatic hydroxyl groups is 1. The van der Waals surface area contributed by atoms with Gasteiger partial charge in [0, 0.05) is 0 Å². The van der Waals surface area contributed by atoms with Crippen LogP contribution in [0.2, 0.25) is 0 Å². The minimum absolute atomic E-state index is 0.552. The smallest absolute Gasteiger partial charge is 0.323 e. The van der Waals surface area contributed by atoms with Crippen LogP contribution in [0.5, 0.6) is 0 Å². The first-order valence-corrected chi connectivity index (χ1v) is 6.27. The summed E-state index contributed by atoms with van der Waals surface area (Å²) in [5.41, 5.74) is 10.1. The van der Waals surface area contributed by atoms with Crippen LogP contribution in [0.15, 0.2) is 0 Å². The highest BCUT2D eigenvalue weighted by Gasteiger charge is 2.16. The van der Waals surface area contributed by atoms with Crippen LogP contribution >= 0.6 is 11.8 Å². The van der Waals surface area contributed by atoms with Crippen LogP contribution in [-0.4, -0.2) is 57.5 Å². The summed E-state index contributed by atoms with van der Waals surface area (Å²) in [4.78, 5) is 19.9. The first kappa shape index (κ1) is 18.5. The van der Waals surface area contributed by atoms with Crippen molar-refractivity contribution in [3.63, 3.8) is 0 Å². The Hall–Kier alpha value is -0.830. The van der Waals surface area contributed by atoms with Crippen molar-refractivity contribution in [2.24, 2.45) is 11.5 Å². The number of carboxylic acids is 2. The van der Waals surface area contributed by atoms with Gasteiger partial charge in [-0.2, -0.15) is 11.8 Å². The molecule has 0 aromatic heterocycles. The third-order valence-electron chi connectivity index (χ3n) is 1.76. The molecule has 0 aliphatic heterocycles. The van der Waals surface area contributed by atoms with Crippen molar-refractivity contribution in [1.82, 2.24) is 0 Å². The Morgan fingerprint density at radius 2 is 1.71 bits per heavy atom. The van der Waals surface area contributed by atoms with Crippen LogP contribution in [0.3, 0.4) is 0 Å². The molecule has 0 fully saturated rings. The normalized spacial score (nSPS) is 15.1. The van der Waals surface area contributed by atoms with E-state index in [0.29, 0.717) is 6.42 Å². The molecule has 0 rings (SSSR count). The molecule has 7 N–H and O–H groups in total. The highest BCUT2D eigenvalue weighted by atomic mass is 32.2. The van der Waals surface area contributed by atoms with Gasteiger partial charge < -0.3 is 26.8 Å². The monoisotopic (exact) mass is 268 g/mol. The van der Waals surface area contributed by atoms with Crippen LogP contribution in [0.1, 0.15) is 13.3 Å². The van der Waals surface area contributed by atoms with E-state index in [1.807, 2.05) is 6.26 Å². The summed E-state index contributed by atoms with van der Waals surface area (Å²) < 4.78 is 0. The topological polar surface area (TPSA) is 147 Å². The summed E-state index contributed by atoms with van der Waals surface area (Å²) in [6, 6.07) is -1.84. The largest absolute Gasteiger partial charge is 0.480 e. The lowest BCUT2D eigenvalue weighted by Crippen LogP contribution is -2.39. The lowest BCUT2D eigenvalue weighted by molar-refractivity contribution is -0.141. The maximum Gasteiger partial charge on any atom is 0.323 e. The molecule has 0 spiro atoms. The van der Waals surface area contributed by atoms with Gasteiger partial charge in [0.15, 0.2) is 0 Å². The Balaban J connectivity index is 0. The number of carboxylic acid groups (broad SMARTS) is 2. The molecule has 17 heavy (non-hydrogen) atoms. The summed E-state index contributed by atoms with van der Waals surface area (Å²) in [6.45, 7) is 1.33. The molecule has 1 unspecified atom stereocenters. The molecule has 7 nitrogen and oxygen atoms in total. The summed E-state index contributed by atoms with van der Waals surface area (Å²) in [5.74, 6) is -1.28. The summed E-state index contributed by atoms with van der Waals surface area (Å²) >= 11 is 1.60. The van der Waals surface area contributed by atoms with E-state index in [1.54, 1.807) is 11.8 Å². The van der Waals surface area contributed by atoms with Gasteiger partial charge in [0.2, 0.25) is 0 Å². The summed E-state index contributed by atoms with van der Waals surface area (Å²) in [7, 11) is 0. The van der Waals surface area contributed by atoms with Crippen LogP contribution in [0, 0.1) is 0 Å². The standard InChI is InChI=1S/C5H11NO2S.C4H9NO3/c1-9-3-2-4(6)5(7)8;1-2(6)3(5)4(7)8/h4H,2-3,6H2,1H3,(H,7,8);2-3,6H,5H2,1H3,(H,7,8)/t;2-,3+/m.1/s1. The van der Waals surface area contributed by atoms with E-state index in [-0.39, 0.29) is 0 Å². The molecule has 8 heteroatoms. The Bertz CT molecular complexity index is 237. The molecule has 0 bridgehead atoms. The van der Waals surface area contributed by atoms with Crippen LogP contribution in [0.25, 0.3) is 0 Å². The van der Waals surface area contributed by atoms with E-state index in [2.05, 4.69) is 0 Å². The fraction of sp³-hybridized carbons (Fsp3) is 0.778. The van der Waals surface area contributed by atoms with Crippen molar-refractivity contribution in [2.45, 2.75) is 31.5 Å². The summed E-state index contributed by atoms with van der Waals surface area (Å²) in [6.07, 6.45) is 1.50. The average molecular weight is 268 g/mol. The van der Waals surface area contributed by atoms with Gasteiger partial charge in [0.1, 0.15) is 12.1 Å². The molecule has 3 atom stereocenters. The van der Waals surface area contributed by atoms with E-state index < -0.39 is 30.1 Å². The maximum absolute atomic E-state index is 10.1. The van der Waals surface area contributed by atoms with Crippen molar-refractivity contribution in [2.75, 3.05) is 12.0 Å². The summed E-state index contributed by atoms with van der Waals surface area (Å²) in [5, 5.41) is 24.8. The van der Waals surface area contributed by atoms with Gasteiger partial charge in [-0.25, -0.2) is 0 Å². The molecule has 0 radical (unpaired) electrons. The number of nitrogens with two attached hydrogens (primary N) is 2. The van der Waals surface area contributed by atoms with Gasteiger partial charge in [-0.05, 0) is 25.4 Å². The van der Waals surface area contributed by atoms with Gasteiger partial charge in [0.25, 0.3) is 0 Å². The van der Waals surface area contributed by atoms with Crippen molar-refractivity contribution < 1.29 is 24.9 Å². The number of carbonyl (C=O) groups is 2. The maximum atomic E-state index is 10.1. The fourth-order valence-corrected chi connectivity index (χ4v) is 1.06. The Morgan fingerprint density at radius 3 is 1.88 bits per heavy atom. The number of thioether (sulfide) groups is 1. The Morgan fingerprint density at radius 1 is 1.24 bits per heavy atom. The van der Waals surface area contributed by atoms with Gasteiger partial charge in [-0.15, -0.1) is 0 Å². The molecule has 0 heterocycles. The van der Waals surface area contributed by atoms with Crippen molar-refractivity contribution >= 4 is 23.7 Å². The van der Waals surface area contributed by atoms with Gasteiger partial charge in [-0.3, -0.25) is 9.59 Å². The van der Waals surface area contributed by atoms with Gasteiger partial charge in [0.05, 0.1) is 6.10 Å². The molecule has 0 aromatic carbocycles. The number of rotatable bonds is 6. The highest BCUT2D eigenvalue weighted by Crippen LogP contribution is 1.97. The van der Waals surface area contributed by atoms with E-state index in [9.17, 15) is 9.59 Å². The first-order valence-electron chi connectivity index (χ1n) is 4.87. The van der Waals surface area contributed by atoms with Gasteiger partial charge >= 0.3 is 11.9 Å². The van der Waals surface area contributed by atoms with E-state index in [1.165, 1.54) is 6.92 Å². The van der Waals surface area contributed by atoms with Crippen molar-refractivity contribution in [3.8, 4) is 0 Å². The lowest BCUT2D eigenvalue weighted by Gasteiger charge is -2.06. The van der Waals surface area contributed by atoms with E-state index >= 15 is 0 Å². The number of hydrogen-bond donors (Lipinski definition) is 5. The molecule has 102 valence electrons. The molecule has 0 saturated carbocycles. The second-order valence-electron chi connectivity index (χ2n) is 3.33. The first-order chi connectivity index (χ1) is 7.73. The third kappa shape index (κ3) is 11.4. The molecule has 0 aliphatic rings. The van der Waals surface area contributed by atoms with Crippen molar-refractivity contribution in [1.29, 1.82) is 0 Å². The molecular formula is C9H20N2O5S. The molecular weight excluding hydrogens is 248 g/mol.